The minimum Gasteiger partial charge on any atom is -0.386 e. The number of rotatable bonds is 9. The molecule has 3 rings (SSSR count). The molecule has 1 N–H and O–H groups in total. The van der Waals surface area contributed by atoms with Crippen LogP contribution in [0.5, 0.6) is 0 Å². The van der Waals surface area contributed by atoms with E-state index in [2.05, 4.69) is 116 Å². The van der Waals surface area contributed by atoms with Gasteiger partial charge in [0.05, 0.1) is 5.70 Å². The molecule has 3 nitrogen and oxygen atoms in total. The summed E-state index contributed by atoms with van der Waals surface area (Å²) in [4.78, 5) is 6.41. The fourth-order valence-electron chi connectivity index (χ4n) is 3.86. The first kappa shape index (κ1) is 22.4. The van der Waals surface area contributed by atoms with Gasteiger partial charge in [0.25, 0.3) is 0 Å². The lowest BCUT2D eigenvalue weighted by atomic mass is 9.93. The van der Waals surface area contributed by atoms with E-state index in [1.165, 1.54) is 28.1 Å². The van der Waals surface area contributed by atoms with E-state index in [9.17, 15) is 0 Å². The second-order valence-electron chi connectivity index (χ2n) is 7.84. The lowest BCUT2D eigenvalue weighted by Crippen LogP contribution is -2.20. The van der Waals surface area contributed by atoms with Gasteiger partial charge in [-0.25, -0.2) is 0 Å². The molecule has 3 heteroatoms. The molecule has 0 saturated carbocycles. The van der Waals surface area contributed by atoms with Crippen LogP contribution in [-0.2, 0) is 0 Å². The average molecular weight is 412 g/mol. The van der Waals surface area contributed by atoms with Gasteiger partial charge < -0.3 is 10.2 Å². The van der Waals surface area contributed by atoms with Crippen LogP contribution in [0.25, 0.3) is 11.1 Å². The zero-order chi connectivity index (χ0) is 22.2. The molecule has 0 saturated heterocycles. The van der Waals surface area contributed by atoms with Crippen molar-refractivity contribution in [3.63, 3.8) is 0 Å². The SMILES string of the molecule is C=N/C(C)=C(/NCCC)[C@@H](C)c1ccc(-c2ccccc2N(C)c2ccccc2)cc1. The van der Waals surface area contributed by atoms with E-state index >= 15 is 0 Å². The highest BCUT2D eigenvalue weighted by Gasteiger charge is 2.15. The Labute approximate surface area is 187 Å². The Morgan fingerprint density at radius 2 is 1.61 bits per heavy atom. The molecule has 0 aliphatic heterocycles. The Balaban J connectivity index is 1.91. The highest BCUT2D eigenvalue weighted by atomic mass is 15.1. The molecule has 0 heterocycles. The van der Waals surface area contributed by atoms with Crippen LogP contribution < -0.4 is 10.2 Å². The summed E-state index contributed by atoms with van der Waals surface area (Å²) in [6, 6.07) is 27.9. The maximum atomic E-state index is 4.17. The lowest BCUT2D eigenvalue weighted by molar-refractivity contribution is 0.687. The summed E-state index contributed by atoms with van der Waals surface area (Å²) < 4.78 is 0. The van der Waals surface area contributed by atoms with Gasteiger partial charge in [-0.15, -0.1) is 0 Å². The fraction of sp³-hybridized carbons (Fsp3) is 0.250. The molecule has 3 aromatic carbocycles. The molecule has 0 fully saturated rings. The molecule has 0 aliphatic rings. The van der Waals surface area contributed by atoms with E-state index in [0.29, 0.717) is 0 Å². The summed E-state index contributed by atoms with van der Waals surface area (Å²) in [6.45, 7) is 11.1. The molecule has 0 unspecified atom stereocenters. The van der Waals surface area contributed by atoms with Gasteiger partial charge in [-0.3, -0.25) is 4.99 Å². The number of hydrogen-bond donors (Lipinski definition) is 1. The maximum Gasteiger partial charge on any atom is 0.0560 e. The summed E-state index contributed by atoms with van der Waals surface area (Å²) in [7, 11) is 2.12. The topological polar surface area (TPSA) is 27.6 Å². The average Bonchev–Trinajstić information content (AvgIpc) is 2.84. The van der Waals surface area contributed by atoms with Crippen LogP contribution in [0.15, 0.2) is 95.2 Å². The first-order valence-electron chi connectivity index (χ1n) is 11.0. The highest BCUT2D eigenvalue weighted by Crippen LogP contribution is 2.35. The van der Waals surface area contributed by atoms with Gasteiger partial charge in [0.1, 0.15) is 0 Å². The third kappa shape index (κ3) is 5.24. The van der Waals surface area contributed by atoms with Crippen molar-refractivity contribution in [1.82, 2.24) is 5.32 Å². The highest BCUT2D eigenvalue weighted by molar-refractivity contribution is 5.82. The number of benzene rings is 3. The van der Waals surface area contributed by atoms with Gasteiger partial charge in [-0.1, -0.05) is 74.5 Å². The number of aliphatic imine (C=N–C) groups is 1. The Hall–Kier alpha value is -3.33. The molecule has 0 aliphatic carbocycles. The van der Waals surface area contributed by atoms with E-state index in [-0.39, 0.29) is 5.92 Å². The summed E-state index contributed by atoms with van der Waals surface area (Å²) >= 11 is 0. The first-order chi connectivity index (χ1) is 15.1. The molecule has 0 aromatic heterocycles. The van der Waals surface area contributed by atoms with Crippen LogP contribution >= 0.6 is 0 Å². The Bertz CT molecular complexity index is 1020. The van der Waals surface area contributed by atoms with Gasteiger partial charge in [0, 0.05) is 42.1 Å². The molecule has 31 heavy (non-hydrogen) atoms. The van der Waals surface area contributed by atoms with Crippen molar-refractivity contribution in [2.24, 2.45) is 4.99 Å². The van der Waals surface area contributed by atoms with Gasteiger partial charge in [0.15, 0.2) is 0 Å². The number of para-hydroxylation sites is 2. The second-order valence-corrected chi connectivity index (χ2v) is 7.84. The van der Waals surface area contributed by atoms with Crippen LogP contribution in [0.3, 0.4) is 0 Å². The molecule has 0 bridgehead atoms. The summed E-state index contributed by atoms with van der Waals surface area (Å²) in [5, 5.41) is 3.55. The van der Waals surface area contributed by atoms with Crippen LogP contribution in [0, 0.1) is 0 Å². The predicted octanol–water partition coefficient (Wildman–Crippen LogP) is 7.16. The minimum atomic E-state index is 0.230. The van der Waals surface area contributed by atoms with Crippen LogP contribution in [0.1, 0.15) is 38.7 Å². The van der Waals surface area contributed by atoms with E-state index in [1.54, 1.807) is 0 Å². The maximum absolute atomic E-state index is 4.17. The van der Waals surface area contributed by atoms with Crippen LogP contribution in [0.2, 0.25) is 0 Å². The molecule has 160 valence electrons. The molecular weight excluding hydrogens is 378 g/mol. The molecular formula is C28H33N3. The largest absolute Gasteiger partial charge is 0.386 e. The number of nitrogens with zero attached hydrogens (tertiary/aromatic N) is 2. The number of anilines is 2. The monoisotopic (exact) mass is 411 g/mol. The van der Waals surface area contributed by atoms with Crippen molar-refractivity contribution in [2.75, 3.05) is 18.5 Å². The van der Waals surface area contributed by atoms with Crippen LogP contribution in [0.4, 0.5) is 11.4 Å². The normalized spacial score (nSPS) is 12.6. The van der Waals surface area contributed by atoms with Crippen molar-refractivity contribution in [3.8, 4) is 11.1 Å². The Morgan fingerprint density at radius 3 is 2.26 bits per heavy atom. The summed E-state index contributed by atoms with van der Waals surface area (Å²) in [5.41, 5.74) is 8.15. The quantitative estimate of drug-likeness (QED) is 0.378. The first-order valence-corrected chi connectivity index (χ1v) is 11.0. The van der Waals surface area contributed by atoms with Gasteiger partial charge in [-0.2, -0.15) is 0 Å². The van der Waals surface area contributed by atoms with Crippen molar-refractivity contribution >= 4 is 18.1 Å². The molecule has 0 amide bonds. The zero-order valence-corrected chi connectivity index (χ0v) is 19.1. The van der Waals surface area contributed by atoms with Crippen molar-refractivity contribution in [2.45, 2.75) is 33.1 Å². The van der Waals surface area contributed by atoms with Gasteiger partial charge in [0.2, 0.25) is 0 Å². The predicted molar refractivity (Wildman–Crippen MR) is 135 cm³/mol. The van der Waals surface area contributed by atoms with Gasteiger partial charge >= 0.3 is 0 Å². The van der Waals surface area contributed by atoms with E-state index in [4.69, 9.17) is 0 Å². The van der Waals surface area contributed by atoms with E-state index < -0.39 is 0 Å². The van der Waals surface area contributed by atoms with E-state index in [0.717, 1.165) is 24.4 Å². The number of nitrogens with one attached hydrogen (secondary N) is 1. The number of hydrogen-bond acceptors (Lipinski definition) is 3. The molecule has 3 aromatic rings. The summed E-state index contributed by atoms with van der Waals surface area (Å²) in [6.07, 6.45) is 1.07. The standard InChI is InChI=1S/C28H33N3/c1-6-20-30-28(22(3)29-4)21(2)23-16-18-24(19-17-23)26-14-10-11-15-27(26)31(5)25-12-8-7-9-13-25/h7-19,21,30H,4,6,20H2,1-3,5H3/b28-22+/t21-/m0/s1. The van der Waals surface area contributed by atoms with Gasteiger partial charge in [-0.05, 0) is 49.4 Å². The Morgan fingerprint density at radius 1 is 0.968 bits per heavy atom. The van der Waals surface area contributed by atoms with Crippen molar-refractivity contribution in [1.29, 1.82) is 0 Å². The fourth-order valence-corrected chi connectivity index (χ4v) is 3.86. The molecule has 0 spiro atoms. The van der Waals surface area contributed by atoms with Crippen molar-refractivity contribution < 1.29 is 0 Å². The zero-order valence-electron chi connectivity index (χ0n) is 19.1. The molecule has 0 radical (unpaired) electrons. The molecule has 1 atom stereocenters. The van der Waals surface area contributed by atoms with E-state index in [1.807, 2.05) is 13.0 Å². The second kappa shape index (κ2) is 10.6. The van der Waals surface area contributed by atoms with Crippen LogP contribution in [-0.4, -0.2) is 20.3 Å². The lowest BCUT2D eigenvalue weighted by Gasteiger charge is -2.23. The van der Waals surface area contributed by atoms with Crippen molar-refractivity contribution in [3.05, 3.63) is 95.8 Å². The third-order valence-corrected chi connectivity index (χ3v) is 5.76. The summed E-state index contributed by atoms with van der Waals surface area (Å²) in [5.74, 6) is 0.230. The minimum absolute atomic E-state index is 0.230. The smallest absolute Gasteiger partial charge is 0.0560 e. The Kier molecular flexibility index (Phi) is 7.66. The number of allylic oxidation sites excluding steroid dienone is 2. The third-order valence-electron chi connectivity index (χ3n) is 5.76.